The Bertz CT molecular complexity index is 716. The minimum absolute atomic E-state index is 0.0330. The predicted octanol–water partition coefficient (Wildman–Crippen LogP) is 3.87. The van der Waals surface area contributed by atoms with E-state index in [9.17, 15) is 13.6 Å². The van der Waals surface area contributed by atoms with Crippen LogP contribution >= 0.6 is 0 Å². The second-order valence-corrected chi connectivity index (χ2v) is 5.63. The van der Waals surface area contributed by atoms with Gasteiger partial charge in [0.1, 0.15) is 11.6 Å². The number of nitrogens with one attached hydrogen (secondary N) is 2. The van der Waals surface area contributed by atoms with E-state index in [2.05, 4.69) is 10.6 Å². The van der Waals surface area contributed by atoms with E-state index in [4.69, 9.17) is 0 Å². The van der Waals surface area contributed by atoms with Gasteiger partial charge in [-0.15, -0.1) is 0 Å². The van der Waals surface area contributed by atoms with Crippen molar-refractivity contribution in [3.8, 4) is 0 Å². The fraction of sp³-hybridized carbons (Fsp3) is 0.278. The van der Waals surface area contributed by atoms with E-state index < -0.39 is 17.7 Å². The maximum Gasteiger partial charge on any atom is 0.238 e. The second-order valence-electron chi connectivity index (χ2n) is 5.63. The van der Waals surface area contributed by atoms with Crippen LogP contribution in [0.5, 0.6) is 0 Å². The lowest BCUT2D eigenvalue weighted by Crippen LogP contribution is -2.30. The molecule has 5 heteroatoms. The number of hydrogen-bond acceptors (Lipinski definition) is 2. The number of carbonyl (C=O) groups excluding carboxylic acids is 1. The largest absolute Gasteiger partial charge is 0.325 e. The number of aryl methyl sites for hydroxylation is 2. The first-order valence-corrected chi connectivity index (χ1v) is 7.42. The van der Waals surface area contributed by atoms with Gasteiger partial charge in [0.15, 0.2) is 0 Å². The van der Waals surface area contributed by atoms with Crippen LogP contribution in [0.15, 0.2) is 36.4 Å². The zero-order valence-corrected chi connectivity index (χ0v) is 13.4. The molecule has 0 bridgehead atoms. The first-order chi connectivity index (χ1) is 10.9. The van der Waals surface area contributed by atoms with E-state index in [0.29, 0.717) is 5.56 Å². The lowest BCUT2D eigenvalue weighted by atomic mass is 10.1. The molecule has 0 aliphatic carbocycles. The van der Waals surface area contributed by atoms with Crippen LogP contribution in [0.3, 0.4) is 0 Å². The van der Waals surface area contributed by atoms with Gasteiger partial charge in [0, 0.05) is 23.4 Å². The van der Waals surface area contributed by atoms with Crippen molar-refractivity contribution in [2.75, 3.05) is 11.9 Å². The smallest absolute Gasteiger partial charge is 0.238 e. The molecule has 0 aromatic heterocycles. The Labute approximate surface area is 134 Å². The molecule has 2 aromatic rings. The average molecular weight is 318 g/mol. The highest BCUT2D eigenvalue weighted by Gasteiger charge is 2.13. The molecule has 1 amide bonds. The number of anilines is 1. The maximum atomic E-state index is 13.7. The zero-order valence-electron chi connectivity index (χ0n) is 13.4. The predicted molar refractivity (Wildman–Crippen MR) is 87.3 cm³/mol. The molecule has 2 N–H and O–H groups in total. The third-order valence-electron chi connectivity index (χ3n) is 3.65. The Morgan fingerprint density at radius 1 is 1.13 bits per heavy atom. The molecule has 0 spiro atoms. The number of hydrogen-bond donors (Lipinski definition) is 2. The van der Waals surface area contributed by atoms with Crippen molar-refractivity contribution in [2.45, 2.75) is 26.8 Å². The molecule has 0 saturated carbocycles. The summed E-state index contributed by atoms with van der Waals surface area (Å²) >= 11 is 0. The molecule has 0 unspecified atom stereocenters. The lowest BCUT2D eigenvalue weighted by Gasteiger charge is -2.15. The summed E-state index contributed by atoms with van der Waals surface area (Å²) in [6, 6.07) is 8.78. The third kappa shape index (κ3) is 4.60. The monoisotopic (exact) mass is 318 g/mol. The van der Waals surface area contributed by atoms with Crippen LogP contribution in [0, 0.1) is 25.5 Å². The third-order valence-corrected chi connectivity index (χ3v) is 3.65. The molecule has 0 saturated heterocycles. The minimum Gasteiger partial charge on any atom is -0.325 e. The van der Waals surface area contributed by atoms with Crippen molar-refractivity contribution in [1.29, 1.82) is 0 Å². The minimum atomic E-state index is -0.625. The van der Waals surface area contributed by atoms with Gasteiger partial charge >= 0.3 is 0 Å². The van der Waals surface area contributed by atoms with E-state index in [1.165, 1.54) is 12.1 Å². The molecular weight excluding hydrogens is 298 g/mol. The number of benzene rings is 2. The fourth-order valence-corrected chi connectivity index (χ4v) is 2.36. The molecule has 0 aliphatic heterocycles. The van der Waals surface area contributed by atoms with Crippen molar-refractivity contribution in [2.24, 2.45) is 0 Å². The first kappa shape index (κ1) is 17.1. The van der Waals surface area contributed by atoms with Crippen molar-refractivity contribution in [1.82, 2.24) is 5.32 Å². The summed E-state index contributed by atoms with van der Waals surface area (Å²) in [5.41, 5.74) is 3.18. The van der Waals surface area contributed by atoms with Gasteiger partial charge in [-0.25, -0.2) is 8.78 Å². The van der Waals surface area contributed by atoms with Crippen LogP contribution in [0.1, 0.15) is 29.7 Å². The van der Waals surface area contributed by atoms with E-state index in [1.54, 1.807) is 6.92 Å². The summed E-state index contributed by atoms with van der Waals surface area (Å²) < 4.78 is 26.6. The quantitative estimate of drug-likeness (QED) is 0.878. The summed E-state index contributed by atoms with van der Waals surface area (Å²) in [5, 5.41) is 5.75. The van der Waals surface area contributed by atoms with E-state index in [-0.39, 0.29) is 12.5 Å². The molecular formula is C18H20F2N2O. The van der Waals surface area contributed by atoms with Crippen LogP contribution < -0.4 is 10.6 Å². The van der Waals surface area contributed by atoms with Crippen LogP contribution in [0.2, 0.25) is 0 Å². The summed E-state index contributed by atoms with van der Waals surface area (Å²) in [4.78, 5) is 12.0. The van der Waals surface area contributed by atoms with Gasteiger partial charge in [-0.3, -0.25) is 4.79 Å². The van der Waals surface area contributed by atoms with Gasteiger partial charge in [-0.2, -0.15) is 0 Å². The number of carbonyl (C=O) groups is 1. The molecule has 0 radical (unpaired) electrons. The Hall–Kier alpha value is -2.27. The number of amides is 1. The molecule has 122 valence electrons. The van der Waals surface area contributed by atoms with E-state index >= 15 is 0 Å². The normalized spacial score (nSPS) is 12.0. The van der Waals surface area contributed by atoms with Crippen molar-refractivity contribution in [3.63, 3.8) is 0 Å². The van der Waals surface area contributed by atoms with Crippen LogP contribution in [0.4, 0.5) is 14.5 Å². The van der Waals surface area contributed by atoms with Gasteiger partial charge < -0.3 is 10.6 Å². The van der Waals surface area contributed by atoms with E-state index in [0.717, 1.165) is 22.9 Å². The Morgan fingerprint density at radius 2 is 1.87 bits per heavy atom. The Balaban J connectivity index is 1.93. The molecule has 2 aromatic carbocycles. The maximum absolute atomic E-state index is 13.7. The standard InChI is InChI=1S/C18H20F2N2O/c1-11-4-7-17(12(2)8-11)22-18(23)10-21-13(3)15-6-5-14(19)9-16(15)20/h4-9,13,21H,10H2,1-3H3,(H,22,23)/t13-/m0/s1. The molecule has 2 rings (SSSR count). The number of rotatable bonds is 5. The van der Waals surface area contributed by atoms with Gasteiger partial charge in [-0.05, 0) is 38.5 Å². The second kappa shape index (κ2) is 7.33. The summed E-state index contributed by atoms with van der Waals surface area (Å²) in [6.07, 6.45) is 0. The van der Waals surface area contributed by atoms with Crippen molar-refractivity contribution < 1.29 is 13.6 Å². The fourth-order valence-electron chi connectivity index (χ4n) is 2.36. The van der Waals surface area contributed by atoms with Gasteiger partial charge in [0.25, 0.3) is 0 Å². The van der Waals surface area contributed by atoms with Gasteiger partial charge in [0.2, 0.25) is 5.91 Å². The molecule has 23 heavy (non-hydrogen) atoms. The summed E-state index contributed by atoms with van der Waals surface area (Å²) in [5.74, 6) is -1.46. The highest BCUT2D eigenvalue weighted by molar-refractivity contribution is 5.93. The highest BCUT2D eigenvalue weighted by atomic mass is 19.1. The van der Waals surface area contributed by atoms with E-state index in [1.807, 2.05) is 32.0 Å². The van der Waals surface area contributed by atoms with Gasteiger partial charge in [-0.1, -0.05) is 23.8 Å². The van der Waals surface area contributed by atoms with Crippen LogP contribution in [0.25, 0.3) is 0 Å². The molecule has 0 aliphatic rings. The van der Waals surface area contributed by atoms with Crippen molar-refractivity contribution >= 4 is 11.6 Å². The molecule has 3 nitrogen and oxygen atoms in total. The highest BCUT2D eigenvalue weighted by Crippen LogP contribution is 2.18. The van der Waals surface area contributed by atoms with Crippen LogP contribution in [-0.2, 0) is 4.79 Å². The molecule has 1 atom stereocenters. The average Bonchev–Trinajstić information content (AvgIpc) is 2.48. The Morgan fingerprint density at radius 3 is 2.52 bits per heavy atom. The number of halogens is 2. The SMILES string of the molecule is Cc1ccc(NC(=O)CN[C@@H](C)c2ccc(F)cc2F)c(C)c1. The Kier molecular flexibility index (Phi) is 5.45. The van der Waals surface area contributed by atoms with Gasteiger partial charge in [0.05, 0.1) is 6.54 Å². The lowest BCUT2D eigenvalue weighted by molar-refractivity contribution is -0.115. The summed E-state index contributed by atoms with van der Waals surface area (Å²) in [7, 11) is 0. The zero-order chi connectivity index (χ0) is 17.0. The van der Waals surface area contributed by atoms with Crippen LogP contribution in [-0.4, -0.2) is 12.5 Å². The topological polar surface area (TPSA) is 41.1 Å². The summed E-state index contributed by atoms with van der Waals surface area (Å²) in [6.45, 7) is 5.66. The first-order valence-electron chi connectivity index (χ1n) is 7.42. The molecule has 0 heterocycles. The molecule has 0 fully saturated rings. The van der Waals surface area contributed by atoms with Crippen molar-refractivity contribution in [3.05, 3.63) is 64.7 Å².